The molecule has 126 valence electrons. The number of thioether (sulfide) groups is 1. The Morgan fingerprint density at radius 1 is 1.38 bits per heavy atom. The predicted molar refractivity (Wildman–Crippen MR) is 95.6 cm³/mol. The maximum Gasteiger partial charge on any atom is 0.293 e. The maximum atomic E-state index is 11.6. The van der Waals surface area contributed by atoms with Crippen molar-refractivity contribution in [3.05, 3.63) is 33.9 Å². The Bertz CT molecular complexity index is 703. The molecule has 24 heavy (non-hydrogen) atoms. The van der Waals surface area contributed by atoms with Crippen LogP contribution < -0.4 is 4.90 Å². The highest BCUT2D eigenvalue weighted by Crippen LogP contribution is 2.29. The lowest BCUT2D eigenvalue weighted by Crippen LogP contribution is -2.36. The molecule has 0 N–H and O–H groups in total. The molecular formula is C14H14N4O4S2. The van der Waals surface area contributed by atoms with Crippen molar-refractivity contribution in [2.75, 3.05) is 37.0 Å². The third-order valence-electron chi connectivity index (χ3n) is 3.60. The smallest absolute Gasteiger partial charge is 0.293 e. The van der Waals surface area contributed by atoms with Gasteiger partial charge in [-0.3, -0.25) is 14.9 Å². The number of nitro groups is 1. The molecule has 2 aliphatic heterocycles. The van der Waals surface area contributed by atoms with Crippen LogP contribution in [0.2, 0.25) is 0 Å². The van der Waals surface area contributed by atoms with Crippen LogP contribution in [0, 0.1) is 10.1 Å². The predicted octanol–water partition coefficient (Wildman–Crippen LogP) is 1.63. The number of benzene rings is 1. The minimum atomic E-state index is -0.413. The summed E-state index contributed by atoms with van der Waals surface area (Å²) in [6.07, 6.45) is 1.41. The maximum absolute atomic E-state index is 11.6. The first-order chi connectivity index (χ1) is 11.6. The monoisotopic (exact) mass is 366 g/mol. The molecule has 0 aromatic heterocycles. The SMILES string of the molecule is O=C1CSC(=S)N1/N=C\c1ccc(N2CCOCC2)c([N+](=O)[O-])c1. The van der Waals surface area contributed by atoms with E-state index >= 15 is 0 Å². The number of hydrazone groups is 1. The number of nitrogens with zero attached hydrogens (tertiary/aromatic N) is 4. The second kappa shape index (κ2) is 7.24. The molecule has 8 nitrogen and oxygen atoms in total. The number of morpholine rings is 1. The van der Waals surface area contributed by atoms with E-state index in [0.717, 1.165) is 5.01 Å². The van der Waals surface area contributed by atoms with E-state index in [1.807, 2.05) is 4.90 Å². The minimum absolute atomic E-state index is 0.00514. The average molecular weight is 366 g/mol. The van der Waals surface area contributed by atoms with Crippen molar-refractivity contribution in [1.82, 2.24) is 5.01 Å². The van der Waals surface area contributed by atoms with Gasteiger partial charge in [-0.25, -0.2) is 0 Å². The molecule has 0 saturated carbocycles. The fourth-order valence-electron chi connectivity index (χ4n) is 2.42. The molecule has 10 heteroatoms. The lowest BCUT2D eigenvalue weighted by Gasteiger charge is -2.28. The molecule has 1 aromatic carbocycles. The van der Waals surface area contributed by atoms with Crippen molar-refractivity contribution in [3.8, 4) is 0 Å². The molecule has 1 aromatic rings. The van der Waals surface area contributed by atoms with Crippen LogP contribution in [0.5, 0.6) is 0 Å². The van der Waals surface area contributed by atoms with E-state index in [0.29, 0.717) is 41.9 Å². The summed E-state index contributed by atoms with van der Waals surface area (Å²) in [6.45, 7) is 2.32. The second-order valence-electron chi connectivity index (χ2n) is 5.11. The van der Waals surface area contributed by atoms with Crippen molar-refractivity contribution >= 4 is 51.8 Å². The van der Waals surface area contributed by atoms with Crippen molar-refractivity contribution in [1.29, 1.82) is 0 Å². The Hall–Kier alpha value is -2.04. The van der Waals surface area contributed by atoms with Crippen LogP contribution in [0.1, 0.15) is 5.56 Å². The average Bonchev–Trinajstić information content (AvgIpc) is 2.92. The number of ether oxygens (including phenoxy) is 1. The number of nitro benzene ring substituents is 1. The molecule has 0 radical (unpaired) electrons. The Labute approximate surface area is 147 Å². The van der Waals surface area contributed by atoms with Crippen LogP contribution in [0.15, 0.2) is 23.3 Å². The number of carbonyl (C=O) groups excluding carboxylic acids is 1. The molecule has 0 unspecified atom stereocenters. The van der Waals surface area contributed by atoms with Crippen LogP contribution in [-0.2, 0) is 9.53 Å². The molecule has 2 fully saturated rings. The number of amides is 1. The number of hydrogen-bond donors (Lipinski definition) is 0. The highest BCUT2D eigenvalue weighted by atomic mass is 32.2. The Morgan fingerprint density at radius 3 is 2.75 bits per heavy atom. The lowest BCUT2D eigenvalue weighted by molar-refractivity contribution is -0.384. The molecule has 1 amide bonds. The summed E-state index contributed by atoms with van der Waals surface area (Å²) in [5.41, 5.74) is 1.10. The van der Waals surface area contributed by atoms with Crippen LogP contribution in [0.3, 0.4) is 0 Å². The number of thiocarbonyl (C=S) groups is 1. The molecule has 0 atom stereocenters. The number of carbonyl (C=O) groups is 1. The van der Waals surface area contributed by atoms with Gasteiger partial charge in [-0.15, -0.1) is 0 Å². The number of anilines is 1. The van der Waals surface area contributed by atoms with Gasteiger partial charge >= 0.3 is 0 Å². The molecule has 0 bridgehead atoms. The largest absolute Gasteiger partial charge is 0.378 e. The highest BCUT2D eigenvalue weighted by molar-refractivity contribution is 8.23. The van der Waals surface area contributed by atoms with E-state index in [9.17, 15) is 14.9 Å². The van der Waals surface area contributed by atoms with Gasteiger partial charge in [0.1, 0.15) is 5.69 Å². The van der Waals surface area contributed by atoms with Gasteiger partial charge in [-0.1, -0.05) is 30.0 Å². The van der Waals surface area contributed by atoms with Gasteiger partial charge in [0.15, 0.2) is 4.32 Å². The van der Waals surface area contributed by atoms with Gasteiger partial charge in [0, 0.05) is 24.7 Å². The summed E-state index contributed by atoms with van der Waals surface area (Å²) < 4.78 is 5.66. The molecular weight excluding hydrogens is 352 g/mol. The van der Waals surface area contributed by atoms with Crippen LogP contribution in [-0.4, -0.2) is 58.4 Å². The third-order valence-corrected chi connectivity index (χ3v) is 4.94. The Kier molecular flexibility index (Phi) is 5.07. The summed E-state index contributed by atoms with van der Waals surface area (Å²) in [4.78, 5) is 24.5. The van der Waals surface area contributed by atoms with Crippen molar-refractivity contribution in [2.45, 2.75) is 0 Å². The number of hydrogen-bond acceptors (Lipinski definition) is 8. The quantitative estimate of drug-likeness (QED) is 0.346. The zero-order chi connectivity index (χ0) is 17.1. The summed E-state index contributed by atoms with van der Waals surface area (Å²) in [5.74, 6) is 0.0763. The van der Waals surface area contributed by atoms with Gasteiger partial charge in [-0.05, 0) is 6.07 Å². The highest BCUT2D eigenvalue weighted by Gasteiger charge is 2.26. The normalized spacial score (nSPS) is 18.7. The van der Waals surface area contributed by atoms with E-state index < -0.39 is 4.92 Å². The molecule has 2 heterocycles. The first kappa shape index (κ1) is 16.8. The van der Waals surface area contributed by atoms with E-state index in [-0.39, 0.29) is 17.3 Å². The standard InChI is InChI=1S/C14H14N4O4S2/c19-13-9-24-14(23)17(13)15-8-10-1-2-11(12(7-10)18(20)21)16-3-5-22-6-4-16/h1-2,7-8H,3-6,9H2/b15-8-. The number of rotatable bonds is 4. The van der Waals surface area contributed by atoms with Gasteiger partial charge in [0.2, 0.25) is 0 Å². The van der Waals surface area contributed by atoms with Crippen molar-refractivity contribution in [2.24, 2.45) is 5.10 Å². The van der Waals surface area contributed by atoms with Gasteiger partial charge < -0.3 is 9.64 Å². The molecule has 3 rings (SSSR count). The van der Waals surface area contributed by atoms with Crippen molar-refractivity contribution < 1.29 is 14.5 Å². The minimum Gasteiger partial charge on any atom is -0.378 e. The first-order valence-electron chi connectivity index (χ1n) is 7.21. The van der Waals surface area contributed by atoms with Gasteiger partial charge in [0.25, 0.3) is 11.6 Å². The van der Waals surface area contributed by atoms with Crippen molar-refractivity contribution in [3.63, 3.8) is 0 Å². The fraction of sp³-hybridized carbons (Fsp3) is 0.357. The third kappa shape index (κ3) is 3.55. The van der Waals surface area contributed by atoms with E-state index in [1.54, 1.807) is 12.1 Å². The Balaban J connectivity index is 1.85. The molecule has 2 saturated heterocycles. The van der Waals surface area contributed by atoms with Gasteiger partial charge in [-0.2, -0.15) is 10.1 Å². The summed E-state index contributed by atoms with van der Waals surface area (Å²) in [6, 6.07) is 4.88. The summed E-state index contributed by atoms with van der Waals surface area (Å²) in [5, 5.41) is 16.6. The molecule has 2 aliphatic rings. The molecule has 0 aliphatic carbocycles. The second-order valence-corrected chi connectivity index (χ2v) is 6.72. The van der Waals surface area contributed by atoms with Crippen LogP contribution in [0.25, 0.3) is 0 Å². The van der Waals surface area contributed by atoms with E-state index in [1.165, 1.54) is 24.0 Å². The zero-order valence-corrected chi connectivity index (χ0v) is 14.2. The van der Waals surface area contributed by atoms with Gasteiger partial charge in [0.05, 0.1) is 30.1 Å². The Morgan fingerprint density at radius 2 is 2.12 bits per heavy atom. The zero-order valence-electron chi connectivity index (χ0n) is 12.6. The van der Waals surface area contributed by atoms with E-state index in [2.05, 4.69) is 5.10 Å². The fourth-order valence-corrected chi connectivity index (χ4v) is 3.39. The van der Waals surface area contributed by atoms with Crippen LogP contribution >= 0.6 is 24.0 Å². The topological polar surface area (TPSA) is 88.3 Å². The first-order valence-corrected chi connectivity index (χ1v) is 8.60. The summed E-state index contributed by atoms with van der Waals surface area (Å²) in [7, 11) is 0. The van der Waals surface area contributed by atoms with Crippen LogP contribution in [0.4, 0.5) is 11.4 Å². The summed E-state index contributed by atoms with van der Waals surface area (Å²) >= 11 is 6.28. The molecule has 0 spiro atoms. The lowest BCUT2D eigenvalue weighted by atomic mass is 10.1. The van der Waals surface area contributed by atoms with E-state index in [4.69, 9.17) is 17.0 Å².